The van der Waals surface area contributed by atoms with E-state index in [2.05, 4.69) is 31.0 Å². The van der Waals surface area contributed by atoms with E-state index in [0.29, 0.717) is 26.0 Å². The number of benzene rings is 1. The number of nitrogens with one attached hydrogen (secondary N) is 1. The van der Waals surface area contributed by atoms with Crippen molar-refractivity contribution in [2.75, 3.05) is 26.2 Å². The van der Waals surface area contributed by atoms with Crippen LogP contribution in [-0.4, -0.2) is 42.6 Å². The van der Waals surface area contributed by atoms with E-state index in [1.807, 2.05) is 0 Å². The highest BCUT2D eigenvalue weighted by Crippen LogP contribution is 2.23. The number of hydrogen-bond donors (Lipinski definition) is 1. The second-order valence-electron chi connectivity index (χ2n) is 7.67. The quantitative estimate of drug-likeness (QED) is 0.728. The van der Waals surface area contributed by atoms with E-state index >= 15 is 0 Å². The van der Waals surface area contributed by atoms with Gasteiger partial charge in [0.25, 0.3) is 0 Å². The number of rotatable bonds is 8. The fraction of sp³-hybridized carbons (Fsp3) is 0.650. The Morgan fingerprint density at radius 1 is 1.40 bits per heavy atom. The third kappa shape index (κ3) is 6.31. The predicted molar refractivity (Wildman–Crippen MR) is 98.2 cm³/mol. The van der Waals surface area contributed by atoms with Crippen molar-refractivity contribution < 1.29 is 13.9 Å². The molecule has 1 aliphatic heterocycles. The SMILES string of the molecule is CC1CCCN(C(C)(C)CNC(=O)CCCOc2ccccc2F)C1. The molecule has 1 aromatic rings. The van der Waals surface area contributed by atoms with Gasteiger partial charge in [-0.2, -0.15) is 0 Å². The molecule has 0 bridgehead atoms. The topological polar surface area (TPSA) is 41.6 Å². The van der Waals surface area contributed by atoms with Crippen LogP contribution in [0.2, 0.25) is 0 Å². The van der Waals surface area contributed by atoms with Crippen LogP contribution in [0.25, 0.3) is 0 Å². The van der Waals surface area contributed by atoms with Gasteiger partial charge in [-0.3, -0.25) is 9.69 Å². The molecule has 0 saturated carbocycles. The molecule has 1 aromatic carbocycles. The normalized spacial score (nSPS) is 18.8. The zero-order valence-corrected chi connectivity index (χ0v) is 15.7. The van der Waals surface area contributed by atoms with Gasteiger partial charge >= 0.3 is 0 Å². The number of para-hydroxylation sites is 1. The first-order valence-corrected chi connectivity index (χ1v) is 9.27. The fourth-order valence-corrected chi connectivity index (χ4v) is 3.23. The Hall–Kier alpha value is -1.62. The van der Waals surface area contributed by atoms with E-state index in [-0.39, 0.29) is 23.0 Å². The van der Waals surface area contributed by atoms with Crippen LogP contribution in [0, 0.1) is 11.7 Å². The molecule has 0 aromatic heterocycles. The Bertz CT molecular complexity index is 562. The predicted octanol–water partition coefficient (Wildman–Crippen LogP) is 3.61. The van der Waals surface area contributed by atoms with Crippen LogP contribution in [-0.2, 0) is 4.79 Å². The summed E-state index contributed by atoms with van der Waals surface area (Å²) in [6.07, 6.45) is 3.48. The van der Waals surface area contributed by atoms with Gasteiger partial charge in [0.15, 0.2) is 11.6 Å². The van der Waals surface area contributed by atoms with Crippen LogP contribution < -0.4 is 10.1 Å². The van der Waals surface area contributed by atoms with Gasteiger partial charge in [-0.15, -0.1) is 0 Å². The number of halogens is 1. The molecule has 0 spiro atoms. The lowest BCUT2D eigenvalue weighted by Gasteiger charge is -2.43. The Morgan fingerprint density at radius 3 is 2.88 bits per heavy atom. The molecule has 1 heterocycles. The Balaban J connectivity index is 1.65. The highest BCUT2D eigenvalue weighted by Gasteiger charge is 2.30. The van der Waals surface area contributed by atoms with Crippen molar-refractivity contribution in [2.45, 2.75) is 52.0 Å². The largest absolute Gasteiger partial charge is 0.491 e. The minimum Gasteiger partial charge on any atom is -0.491 e. The highest BCUT2D eigenvalue weighted by atomic mass is 19.1. The van der Waals surface area contributed by atoms with E-state index in [9.17, 15) is 9.18 Å². The van der Waals surface area contributed by atoms with Crippen LogP contribution in [0.4, 0.5) is 4.39 Å². The monoisotopic (exact) mass is 350 g/mol. The fourth-order valence-electron chi connectivity index (χ4n) is 3.23. The van der Waals surface area contributed by atoms with E-state index in [1.165, 1.54) is 18.9 Å². The summed E-state index contributed by atoms with van der Waals surface area (Å²) < 4.78 is 18.8. The number of hydrogen-bond acceptors (Lipinski definition) is 3. The number of ether oxygens (including phenoxy) is 1. The molecule has 2 rings (SSSR count). The average Bonchev–Trinajstić information content (AvgIpc) is 2.58. The number of amides is 1. The molecule has 25 heavy (non-hydrogen) atoms. The molecular weight excluding hydrogens is 319 g/mol. The first kappa shape index (κ1) is 19.7. The molecule has 1 unspecified atom stereocenters. The third-order valence-corrected chi connectivity index (χ3v) is 4.87. The first-order chi connectivity index (χ1) is 11.9. The zero-order valence-electron chi connectivity index (χ0n) is 15.7. The lowest BCUT2D eigenvalue weighted by Crippen LogP contribution is -2.54. The molecule has 0 aliphatic carbocycles. The van der Waals surface area contributed by atoms with Gasteiger partial charge < -0.3 is 10.1 Å². The maximum absolute atomic E-state index is 13.4. The van der Waals surface area contributed by atoms with Gasteiger partial charge in [-0.05, 0) is 57.7 Å². The maximum Gasteiger partial charge on any atom is 0.220 e. The molecule has 140 valence electrons. The molecule has 1 saturated heterocycles. The summed E-state index contributed by atoms with van der Waals surface area (Å²) in [4.78, 5) is 14.5. The van der Waals surface area contributed by atoms with E-state index in [1.54, 1.807) is 18.2 Å². The molecular formula is C20H31FN2O2. The second-order valence-corrected chi connectivity index (χ2v) is 7.67. The van der Waals surface area contributed by atoms with Crippen LogP contribution >= 0.6 is 0 Å². The number of likely N-dealkylation sites (tertiary alicyclic amines) is 1. The maximum atomic E-state index is 13.4. The van der Waals surface area contributed by atoms with Crippen LogP contribution in [0.1, 0.15) is 46.5 Å². The average molecular weight is 350 g/mol. The second kappa shape index (κ2) is 9.18. The van der Waals surface area contributed by atoms with E-state index in [0.717, 1.165) is 19.0 Å². The minimum atomic E-state index is -0.371. The zero-order chi connectivity index (χ0) is 18.3. The van der Waals surface area contributed by atoms with Gasteiger partial charge in [0.2, 0.25) is 5.91 Å². The summed E-state index contributed by atoms with van der Waals surface area (Å²) in [6.45, 7) is 9.84. The van der Waals surface area contributed by atoms with Crippen molar-refractivity contribution in [1.29, 1.82) is 0 Å². The molecule has 0 radical (unpaired) electrons. The molecule has 1 aliphatic rings. The number of carbonyl (C=O) groups is 1. The molecule has 1 N–H and O–H groups in total. The highest BCUT2D eigenvalue weighted by molar-refractivity contribution is 5.75. The molecule has 1 atom stereocenters. The van der Waals surface area contributed by atoms with Crippen molar-refractivity contribution in [2.24, 2.45) is 5.92 Å². The number of nitrogens with zero attached hydrogens (tertiary/aromatic N) is 1. The van der Waals surface area contributed by atoms with Crippen molar-refractivity contribution >= 4 is 5.91 Å². The van der Waals surface area contributed by atoms with Gasteiger partial charge in [-0.25, -0.2) is 4.39 Å². The minimum absolute atomic E-state index is 0.0234. The van der Waals surface area contributed by atoms with E-state index in [4.69, 9.17) is 4.74 Å². The molecule has 4 nitrogen and oxygen atoms in total. The molecule has 1 fully saturated rings. The smallest absolute Gasteiger partial charge is 0.220 e. The lowest BCUT2D eigenvalue weighted by molar-refractivity contribution is -0.122. The number of carbonyl (C=O) groups excluding carboxylic acids is 1. The molecule has 5 heteroatoms. The Morgan fingerprint density at radius 2 is 2.16 bits per heavy atom. The molecule has 1 amide bonds. The van der Waals surface area contributed by atoms with Gasteiger partial charge in [0.05, 0.1) is 6.61 Å². The summed E-state index contributed by atoms with van der Waals surface area (Å²) >= 11 is 0. The van der Waals surface area contributed by atoms with Crippen molar-refractivity contribution in [3.63, 3.8) is 0 Å². The standard InChI is InChI=1S/C20H31FN2O2/c1-16-8-6-12-23(14-16)20(2,3)15-22-19(24)11-7-13-25-18-10-5-4-9-17(18)21/h4-5,9-10,16H,6-8,11-15H2,1-3H3,(H,22,24). The van der Waals surface area contributed by atoms with Crippen molar-refractivity contribution in [1.82, 2.24) is 10.2 Å². The van der Waals surface area contributed by atoms with E-state index < -0.39 is 0 Å². The van der Waals surface area contributed by atoms with Gasteiger partial charge in [0.1, 0.15) is 0 Å². The third-order valence-electron chi connectivity index (χ3n) is 4.87. The summed E-state index contributed by atoms with van der Waals surface area (Å²) in [5.74, 6) is 0.613. The van der Waals surface area contributed by atoms with Crippen molar-refractivity contribution in [3.05, 3.63) is 30.1 Å². The first-order valence-electron chi connectivity index (χ1n) is 9.27. The van der Waals surface area contributed by atoms with Crippen LogP contribution in [0.5, 0.6) is 5.75 Å². The summed E-state index contributed by atoms with van der Waals surface area (Å²) in [5.41, 5.74) is -0.0337. The Labute approximate surface area is 150 Å². The summed E-state index contributed by atoms with van der Waals surface area (Å²) in [7, 11) is 0. The lowest BCUT2D eigenvalue weighted by atomic mass is 9.93. The van der Waals surface area contributed by atoms with Crippen LogP contribution in [0.3, 0.4) is 0 Å². The van der Waals surface area contributed by atoms with Gasteiger partial charge in [-0.1, -0.05) is 19.1 Å². The van der Waals surface area contributed by atoms with Crippen molar-refractivity contribution in [3.8, 4) is 5.75 Å². The van der Waals surface area contributed by atoms with Gasteiger partial charge in [0, 0.05) is 25.0 Å². The summed E-state index contributed by atoms with van der Waals surface area (Å²) in [6, 6.07) is 6.32. The number of piperidine rings is 1. The summed E-state index contributed by atoms with van der Waals surface area (Å²) in [5, 5.41) is 3.03. The van der Waals surface area contributed by atoms with Crippen LogP contribution in [0.15, 0.2) is 24.3 Å². The Kier molecular flexibility index (Phi) is 7.24.